The fraction of sp³-hybridized carbons (Fsp3) is 0.857. The van der Waals surface area contributed by atoms with E-state index in [1.165, 1.54) is 8.05 Å². The van der Waals surface area contributed by atoms with Crippen LogP contribution >= 0.6 is 0 Å². The summed E-state index contributed by atoms with van der Waals surface area (Å²) in [5.41, 5.74) is 0. The summed E-state index contributed by atoms with van der Waals surface area (Å²) in [5.74, 6) is 0. The molecule has 1 aliphatic rings. The Labute approximate surface area is 82.2 Å². The molecule has 0 spiro atoms. The van der Waals surface area contributed by atoms with Gasteiger partial charge in [-0.05, 0) is 0 Å². The van der Waals surface area contributed by atoms with Crippen LogP contribution in [0, 0.1) is 0 Å². The van der Waals surface area contributed by atoms with Crippen molar-refractivity contribution in [1.29, 1.82) is 0 Å². The summed E-state index contributed by atoms with van der Waals surface area (Å²) in [4.78, 5) is 9.96. The molecule has 80 valence electrons. The van der Waals surface area contributed by atoms with E-state index in [-0.39, 0.29) is 13.2 Å². The van der Waals surface area contributed by atoms with E-state index in [0.29, 0.717) is 6.47 Å². The van der Waals surface area contributed by atoms with Crippen molar-refractivity contribution >= 4 is 14.5 Å². The Kier molecular flexibility index (Phi) is 4.34. The first-order valence-electron chi connectivity index (χ1n) is 4.26. The maximum Gasteiger partial charge on any atom is 0.293 e. The quantitative estimate of drug-likeness (QED) is 0.380. The van der Waals surface area contributed by atoms with Crippen molar-refractivity contribution in [3.8, 4) is 0 Å². The highest BCUT2D eigenvalue weighted by molar-refractivity contribution is 5.98. The van der Waals surface area contributed by atoms with Crippen LogP contribution in [0.25, 0.3) is 0 Å². The second-order valence-electron chi connectivity index (χ2n) is 3.06. The lowest BCUT2D eigenvalue weighted by molar-refractivity contribution is -0.190. The summed E-state index contributed by atoms with van der Waals surface area (Å²) in [6, 6.07) is 0. The number of aliphatic hydroxyl groups excluding tert-OH is 2. The Morgan fingerprint density at radius 3 is 2.86 bits per heavy atom. The standard InChI is InChI=1S/C7H13BO6/c8-14-7-5(2-12-3-9)13-1-4(10)6(7)11/h3-7,10-11H,1-2,8H2. The summed E-state index contributed by atoms with van der Waals surface area (Å²) in [6.45, 7) is 0.313. The third-order valence-corrected chi connectivity index (χ3v) is 2.18. The molecule has 0 aromatic carbocycles. The highest BCUT2D eigenvalue weighted by Gasteiger charge is 2.38. The molecule has 0 bridgehead atoms. The molecule has 1 aliphatic heterocycles. The van der Waals surface area contributed by atoms with E-state index in [1.54, 1.807) is 0 Å². The van der Waals surface area contributed by atoms with Crippen LogP contribution in [-0.2, 0) is 18.9 Å². The zero-order valence-corrected chi connectivity index (χ0v) is 7.83. The fourth-order valence-electron chi connectivity index (χ4n) is 1.42. The molecule has 1 fully saturated rings. The normalized spacial score (nSPS) is 37.9. The van der Waals surface area contributed by atoms with Crippen LogP contribution in [0.5, 0.6) is 0 Å². The van der Waals surface area contributed by atoms with E-state index >= 15 is 0 Å². The van der Waals surface area contributed by atoms with Gasteiger partial charge in [0.05, 0.1) is 12.7 Å². The molecule has 4 unspecified atom stereocenters. The minimum Gasteiger partial charge on any atom is -0.465 e. The van der Waals surface area contributed by atoms with Crippen molar-refractivity contribution in [2.45, 2.75) is 24.4 Å². The Bertz CT molecular complexity index is 189. The fourth-order valence-corrected chi connectivity index (χ4v) is 1.42. The second kappa shape index (κ2) is 5.30. The number of hydrogen-bond donors (Lipinski definition) is 2. The Hall–Kier alpha value is -0.625. The van der Waals surface area contributed by atoms with Gasteiger partial charge in [-0.25, -0.2) is 0 Å². The van der Waals surface area contributed by atoms with Gasteiger partial charge in [0, 0.05) is 0 Å². The van der Waals surface area contributed by atoms with Crippen LogP contribution in [0.4, 0.5) is 0 Å². The number of aliphatic hydroxyl groups is 2. The number of rotatable bonds is 4. The van der Waals surface area contributed by atoms with Crippen molar-refractivity contribution in [3.63, 3.8) is 0 Å². The summed E-state index contributed by atoms with van der Waals surface area (Å²) in [7, 11) is 1.39. The maximum atomic E-state index is 9.96. The van der Waals surface area contributed by atoms with Gasteiger partial charge in [0.15, 0.2) is 0 Å². The van der Waals surface area contributed by atoms with Gasteiger partial charge in [0.1, 0.15) is 24.9 Å². The van der Waals surface area contributed by atoms with Gasteiger partial charge in [0.25, 0.3) is 14.5 Å². The molecule has 0 aromatic rings. The molecular formula is C7H13BO6. The van der Waals surface area contributed by atoms with Gasteiger partial charge in [-0.2, -0.15) is 0 Å². The minimum absolute atomic E-state index is 0.00574. The third kappa shape index (κ3) is 2.45. The van der Waals surface area contributed by atoms with Crippen LogP contribution in [0.1, 0.15) is 0 Å². The first kappa shape index (κ1) is 11.4. The summed E-state index contributed by atoms with van der Waals surface area (Å²) < 4.78 is 14.6. The Balaban J connectivity index is 2.52. The molecule has 0 amide bonds. The summed E-state index contributed by atoms with van der Waals surface area (Å²) in [5, 5.41) is 18.8. The smallest absolute Gasteiger partial charge is 0.293 e. The second-order valence-corrected chi connectivity index (χ2v) is 3.06. The Morgan fingerprint density at radius 2 is 2.29 bits per heavy atom. The van der Waals surface area contributed by atoms with Gasteiger partial charge in [-0.15, -0.1) is 0 Å². The predicted octanol–water partition coefficient (Wildman–Crippen LogP) is -2.79. The molecule has 14 heavy (non-hydrogen) atoms. The van der Waals surface area contributed by atoms with Crippen molar-refractivity contribution in [1.82, 2.24) is 0 Å². The topological polar surface area (TPSA) is 85.2 Å². The molecule has 6 nitrogen and oxygen atoms in total. The first-order valence-corrected chi connectivity index (χ1v) is 4.26. The largest absolute Gasteiger partial charge is 0.465 e. The lowest BCUT2D eigenvalue weighted by Crippen LogP contribution is -2.55. The van der Waals surface area contributed by atoms with Crippen LogP contribution < -0.4 is 0 Å². The van der Waals surface area contributed by atoms with Crippen LogP contribution in [-0.4, -0.2) is 62.4 Å². The van der Waals surface area contributed by atoms with Crippen LogP contribution in [0.3, 0.4) is 0 Å². The maximum absolute atomic E-state index is 9.96. The molecule has 1 heterocycles. The van der Waals surface area contributed by atoms with Crippen molar-refractivity contribution < 1.29 is 29.1 Å². The monoisotopic (exact) mass is 204 g/mol. The SMILES string of the molecule is BOC1C(COC=O)OCC(O)C1O. The van der Waals surface area contributed by atoms with Gasteiger partial charge in [0.2, 0.25) is 0 Å². The van der Waals surface area contributed by atoms with E-state index in [2.05, 4.69) is 4.74 Å². The number of carbonyl (C=O) groups is 1. The molecule has 0 aromatic heterocycles. The molecule has 4 atom stereocenters. The van der Waals surface area contributed by atoms with Crippen molar-refractivity contribution in [3.05, 3.63) is 0 Å². The minimum atomic E-state index is -1.02. The van der Waals surface area contributed by atoms with E-state index in [9.17, 15) is 15.0 Å². The van der Waals surface area contributed by atoms with E-state index < -0.39 is 24.4 Å². The predicted molar refractivity (Wildman–Crippen MR) is 47.2 cm³/mol. The highest BCUT2D eigenvalue weighted by atomic mass is 16.6. The van der Waals surface area contributed by atoms with Crippen LogP contribution in [0.15, 0.2) is 0 Å². The lowest BCUT2D eigenvalue weighted by Gasteiger charge is -2.37. The van der Waals surface area contributed by atoms with Gasteiger partial charge >= 0.3 is 0 Å². The highest BCUT2D eigenvalue weighted by Crippen LogP contribution is 2.18. The van der Waals surface area contributed by atoms with Gasteiger partial charge < -0.3 is 24.3 Å². The summed E-state index contributed by atoms with van der Waals surface area (Å²) >= 11 is 0. The molecule has 1 saturated heterocycles. The molecule has 0 saturated carbocycles. The molecule has 2 N–H and O–H groups in total. The average Bonchev–Trinajstić information content (AvgIpc) is 2.20. The summed E-state index contributed by atoms with van der Waals surface area (Å²) in [6.07, 6.45) is -3.20. The average molecular weight is 204 g/mol. The number of ether oxygens (including phenoxy) is 2. The number of hydrogen-bond acceptors (Lipinski definition) is 6. The van der Waals surface area contributed by atoms with Crippen molar-refractivity contribution in [2.24, 2.45) is 0 Å². The zero-order valence-electron chi connectivity index (χ0n) is 7.83. The molecule has 7 heteroatoms. The Morgan fingerprint density at radius 1 is 1.57 bits per heavy atom. The number of carbonyl (C=O) groups excluding carboxylic acids is 1. The van der Waals surface area contributed by atoms with Crippen LogP contribution in [0.2, 0.25) is 0 Å². The molecule has 0 aliphatic carbocycles. The van der Waals surface area contributed by atoms with E-state index in [4.69, 9.17) is 9.39 Å². The van der Waals surface area contributed by atoms with E-state index in [0.717, 1.165) is 0 Å². The zero-order chi connectivity index (χ0) is 10.6. The molecule has 0 radical (unpaired) electrons. The van der Waals surface area contributed by atoms with Gasteiger partial charge in [-0.3, -0.25) is 4.79 Å². The van der Waals surface area contributed by atoms with Crippen molar-refractivity contribution in [2.75, 3.05) is 13.2 Å². The van der Waals surface area contributed by atoms with E-state index in [1.807, 2.05) is 0 Å². The first-order chi connectivity index (χ1) is 6.70. The van der Waals surface area contributed by atoms with Gasteiger partial charge in [-0.1, -0.05) is 0 Å². The molecule has 1 rings (SSSR count). The third-order valence-electron chi connectivity index (χ3n) is 2.18. The lowest BCUT2D eigenvalue weighted by atomic mass is 10.00. The molecular weight excluding hydrogens is 191 g/mol.